The predicted molar refractivity (Wildman–Crippen MR) is 73.7 cm³/mol. The van der Waals surface area contributed by atoms with Crippen LogP contribution in [-0.4, -0.2) is 30.4 Å². The molecule has 19 heavy (non-hydrogen) atoms. The van der Waals surface area contributed by atoms with Crippen LogP contribution in [0.2, 0.25) is 5.02 Å². The van der Waals surface area contributed by atoms with E-state index in [0.717, 1.165) is 19.3 Å². The summed E-state index contributed by atoms with van der Waals surface area (Å²) >= 11 is 5.93. The van der Waals surface area contributed by atoms with Crippen LogP contribution >= 0.6 is 11.6 Å². The molecule has 0 bridgehead atoms. The van der Waals surface area contributed by atoms with E-state index in [1.54, 1.807) is 11.0 Å². The molecule has 0 radical (unpaired) electrons. The van der Waals surface area contributed by atoms with Gasteiger partial charge in [-0.1, -0.05) is 17.7 Å². The molecule has 0 aliphatic carbocycles. The molecule has 2 N–H and O–H groups in total. The molecule has 1 aromatic carbocycles. The van der Waals surface area contributed by atoms with E-state index in [1.807, 2.05) is 0 Å². The van der Waals surface area contributed by atoms with Gasteiger partial charge in [-0.15, -0.1) is 0 Å². The van der Waals surface area contributed by atoms with Crippen molar-refractivity contribution in [3.05, 3.63) is 34.6 Å². The molecule has 5 heteroatoms. The van der Waals surface area contributed by atoms with Crippen molar-refractivity contribution >= 4 is 17.5 Å². The van der Waals surface area contributed by atoms with Crippen LogP contribution in [0.25, 0.3) is 0 Å². The molecule has 3 nitrogen and oxygen atoms in total. The fraction of sp³-hybridized carbons (Fsp3) is 0.500. The Labute approximate surface area is 117 Å². The van der Waals surface area contributed by atoms with E-state index in [2.05, 4.69) is 0 Å². The maximum atomic E-state index is 13.7. The van der Waals surface area contributed by atoms with Gasteiger partial charge in [0, 0.05) is 13.1 Å². The molecule has 0 saturated carbocycles. The highest BCUT2D eigenvalue weighted by Crippen LogP contribution is 2.25. The Balaban J connectivity index is 2.15. The van der Waals surface area contributed by atoms with Crippen molar-refractivity contribution in [2.24, 2.45) is 11.7 Å². The number of carbonyl (C=O) groups excluding carboxylic acids is 1. The lowest BCUT2D eigenvalue weighted by atomic mass is 9.94. The van der Waals surface area contributed by atoms with Gasteiger partial charge in [-0.3, -0.25) is 4.79 Å². The van der Waals surface area contributed by atoms with Crippen molar-refractivity contribution in [2.45, 2.75) is 19.3 Å². The number of nitrogens with two attached hydrogens (primary N) is 1. The minimum Gasteiger partial charge on any atom is -0.338 e. The van der Waals surface area contributed by atoms with Crippen LogP contribution in [-0.2, 0) is 0 Å². The average Bonchev–Trinajstić information content (AvgIpc) is 2.39. The van der Waals surface area contributed by atoms with Crippen molar-refractivity contribution in [3.63, 3.8) is 0 Å². The molecule has 1 saturated heterocycles. The number of hydrogen-bond acceptors (Lipinski definition) is 2. The number of halogens is 2. The van der Waals surface area contributed by atoms with Gasteiger partial charge < -0.3 is 10.6 Å². The van der Waals surface area contributed by atoms with Gasteiger partial charge >= 0.3 is 0 Å². The van der Waals surface area contributed by atoms with Crippen molar-refractivity contribution in [1.82, 2.24) is 4.90 Å². The number of likely N-dealkylation sites (tertiary alicyclic amines) is 1. The molecule has 0 spiro atoms. The Hall–Kier alpha value is -1.13. The molecular formula is C14H18ClFN2O. The normalized spacial score (nSPS) is 19.5. The van der Waals surface area contributed by atoms with Gasteiger partial charge in [-0.05, 0) is 43.9 Å². The van der Waals surface area contributed by atoms with Crippen molar-refractivity contribution < 1.29 is 9.18 Å². The van der Waals surface area contributed by atoms with E-state index in [9.17, 15) is 9.18 Å². The maximum absolute atomic E-state index is 13.7. The first kappa shape index (κ1) is 14.3. The van der Waals surface area contributed by atoms with E-state index in [4.69, 9.17) is 17.3 Å². The van der Waals surface area contributed by atoms with Crippen LogP contribution in [0, 0.1) is 11.7 Å². The number of rotatable bonds is 3. The lowest BCUT2D eigenvalue weighted by molar-refractivity contribution is 0.0665. The smallest absolute Gasteiger partial charge is 0.258 e. The van der Waals surface area contributed by atoms with E-state index in [0.29, 0.717) is 25.6 Å². The summed E-state index contributed by atoms with van der Waals surface area (Å²) in [5.74, 6) is -0.462. The zero-order chi connectivity index (χ0) is 13.8. The van der Waals surface area contributed by atoms with E-state index >= 15 is 0 Å². The number of carbonyl (C=O) groups is 1. The highest BCUT2D eigenvalue weighted by atomic mass is 35.5. The minimum atomic E-state index is -0.557. The Morgan fingerprint density at radius 3 is 3.00 bits per heavy atom. The van der Waals surface area contributed by atoms with Gasteiger partial charge in [-0.25, -0.2) is 4.39 Å². The summed E-state index contributed by atoms with van der Waals surface area (Å²) in [4.78, 5) is 14.1. The zero-order valence-electron chi connectivity index (χ0n) is 10.7. The van der Waals surface area contributed by atoms with Crippen molar-refractivity contribution in [1.29, 1.82) is 0 Å². The molecule has 1 aliphatic rings. The second kappa shape index (κ2) is 6.35. The third-order valence-electron chi connectivity index (χ3n) is 3.56. The lowest BCUT2D eigenvalue weighted by Crippen LogP contribution is -2.40. The van der Waals surface area contributed by atoms with Crippen LogP contribution in [0.15, 0.2) is 18.2 Å². The summed E-state index contributed by atoms with van der Waals surface area (Å²) in [5.41, 5.74) is 5.54. The fourth-order valence-electron chi connectivity index (χ4n) is 2.58. The Morgan fingerprint density at radius 1 is 1.53 bits per heavy atom. The number of benzene rings is 1. The quantitative estimate of drug-likeness (QED) is 0.927. The first-order valence-corrected chi connectivity index (χ1v) is 6.94. The van der Waals surface area contributed by atoms with Gasteiger partial charge in [0.05, 0.1) is 10.6 Å². The Bertz CT molecular complexity index is 445. The van der Waals surface area contributed by atoms with E-state index in [-0.39, 0.29) is 16.5 Å². The van der Waals surface area contributed by atoms with Crippen LogP contribution in [0.4, 0.5) is 4.39 Å². The maximum Gasteiger partial charge on any atom is 0.258 e. The number of piperidine rings is 1. The molecule has 1 unspecified atom stereocenters. The Morgan fingerprint density at radius 2 is 2.32 bits per heavy atom. The molecule has 1 amide bonds. The summed E-state index contributed by atoms with van der Waals surface area (Å²) < 4.78 is 13.7. The first-order chi connectivity index (χ1) is 9.13. The van der Waals surface area contributed by atoms with Crippen LogP contribution in [0.5, 0.6) is 0 Å². The standard InChI is InChI=1S/C14H18ClFN2O/c15-11-4-1-5-12(16)13(11)14(19)18-8-2-3-10(9-18)6-7-17/h1,4-5,10H,2-3,6-9,17H2. The summed E-state index contributed by atoms with van der Waals surface area (Å²) in [6.45, 7) is 1.92. The monoisotopic (exact) mass is 284 g/mol. The number of hydrogen-bond donors (Lipinski definition) is 1. The Kier molecular flexibility index (Phi) is 4.77. The van der Waals surface area contributed by atoms with Gasteiger partial charge in [0.25, 0.3) is 5.91 Å². The van der Waals surface area contributed by atoms with Gasteiger partial charge in [0.1, 0.15) is 5.82 Å². The van der Waals surface area contributed by atoms with Crippen LogP contribution < -0.4 is 5.73 Å². The van der Waals surface area contributed by atoms with Gasteiger partial charge in [-0.2, -0.15) is 0 Å². The summed E-state index contributed by atoms with van der Waals surface area (Å²) in [5, 5.41) is 0.172. The van der Waals surface area contributed by atoms with Crippen molar-refractivity contribution in [2.75, 3.05) is 19.6 Å². The molecule has 1 fully saturated rings. The third kappa shape index (κ3) is 3.25. The highest BCUT2D eigenvalue weighted by Gasteiger charge is 2.27. The van der Waals surface area contributed by atoms with Crippen LogP contribution in [0.3, 0.4) is 0 Å². The van der Waals surface area contributed by atoms with E-state index in [1.165, 1.54) is 12.1 Å². The van der Waals surface area contributed by atoms with Crippen molar-refractivity contribution in [3.8, 4) is 0 Å². The minimum absolute atomic E-state index is 0.0161. The third-order valence-corrected chi connectivity index (χ3v) is 3.87. The summed E-state index contributed by atoms with van der Waals surface area (Å²) in [7, 11) is 0. The first-order valence-electron chi connectivity index (χ1n) is 6.57. The summed E-state index contributed by atoms with van der Waals surface area (Å²) in [6, 6.07) is 4.31. The molecule has 0 aromatic heterocycles. The molecule has 1 heterocycles. The largest absolute Gasteiger partial charge is 0.338 e. The lowest BCUT2D eigenvalue weighted by Gasteiger charge is -2.33. The number of amides is 1. The topological polar surface area (TPSA) is 46.3 Å². The molecule has 104 valence electrons. The highest BCUT2D eigenvalue weighted by molar-refractivity contribution is 6.33. The molecule has 2 rings (SSSR count). The zero-order valence-corrected chi connectivity index (χ0v) is 11.5. The molecular weight excluding hydrogens is 267 g/mol. The molecule has 1 atom stereocenters. The second-order valence-corrected chi connectivity index (χ2v) is 5.34. The number of nitrogens with zero attached hydrogens (tertiary/aromatic N) is 1. The molecule has 1 aliphatic heterocycles. The van der Waals surface area contributed by atoms with Gasteiger partial charge in [0.2, 0.25) is 0 Å². The second-order valence-electron chi connectivity index (χ2n) is 4.93. The summed E-state index contributed by atoms with van der Waals surface area (Å²) in [6.07, 6.45) is 2.91. The average molecular weight is 285 g/mol. The van der Waals surface area contributed by atoms with Crippen LogP contribution in [0.1, 0.15) is 29.6 Å². The molecule has 1 aromatic rings. The fourth-order valence-corrected chi connectivity index (χ4v) is 2.82. The predicted octanol–water partition coefficient (Wildman–Crippen LogP) is 2.68. The van der Waals surface area contributed by atoms with E-state index < -0.39 is 5.82 Å². The SMILES string of the molecule is NCCC1CCCN(C(=O)c2c(F)cccc2Cl)C1. The van der Waals surface area contributed by atoms with Gasteiger partial charge in [0.15, 0.2) is 0 Å².